The molecule has 16 heavy (non-hydrogen) atoms. The molecule has 4 nitrogen and oxygen atoms in total. The quantitative estimate of drug-likeness (QED) is 0.617. The summed E-state index contributed by atoms with van der Waals surface area (Å²) in [5.41, 5.74) is 1.09. The molecule has 0 aromatic carbocycles. The standard InChI is InChI=1S/C10H15BClN3O/c1-11(16)15-6-4-14(5-7-15)9-2-3-10(12)13-8-9/h2-3,8,16H,4-7H2,1H3. The van der Waals surface area contributed by atoms with Gasteiger partial charge in [0, 0.05) is 26.2 Å². The predicted octanol–water partition coefficient (Wildman–Crippen LogP) is 0.967. The minimum atomic E-state index is -0.356. The number of halogens is 1. The Balaban J connectivity index is 1.96. The predicted molar refractivity (Wildman–Crippen MR) is 66.9 cm³/mol. The number of hydrogen-bond acceptors (Lipinski definition) is 4. The van der Waals surface area contributed by atoms with Crippen molar-refractivity contribution in [1.82, 2.24) is 9.79 Å². The number of hydrogen-bond donors (Lipinski definition) is 1. The highest BCUT2D eigenvalue weighted by atomic mass is 35.5. The maximum atomic E-state index is 9.45. The van der Waals surface area contributed by atoms with Crippen LogP contribution >= 0.6 is 11.6 Å². The number of piperazine rings is 1. The minimum absolute atomic E-state index is 0.356. The van der Waals surface area contributed by atoms with E-state index in [4.69, 9.17) is 11.6 Å². The molecule has 0 saturated carbocycles. The van der Waals surface area contributed by atoms with E-state index >= 15 is 0 Å². The largest absolute Gasteiger partial charge is 0.437 e. The third kappa shape index (κ3) is 2.67. The zero-order valence-electron chi connectivity index (χ0n) is 9.30. The second-order valence-corrected chi connectivity index (χ2v) is 4.38. The van der Waals surface area contributed by atoms with E-state index in [1.807, 2.05) is 6.07 Å². The minimum Gasteiger partial charge on any atom is -0.437 e. The first-order valence-electron chi connectivity index (χ1n) is 5.45. The molecule has 86 valence electrons. The van der Waals surface area contributed by atoms with E-state index in [2.05, 4.69) is 14.7 Å². The average molecular weight is 240 g/mol. The Bertz CT molecular complexity index is 338. The van der Waals surface area contributed by atoms with Crippen LogP contribution in [0.25, 0.3) is 0 Å². The molecule has 1 aromatic rings. The van der Waals surface area contributed by atoms with Gasteiger partial charge in [0.1, 0.15) is 5.15 Å². The molecule has 1 aliphatic rings. The molecular formula is C10H15BClN3O. The third-order valence-electron chi connectivity index (χ3n) is 2.92. The van der Waals surface area contributed by atoms with E-state index in [0.717, 1.165) is 31.9 Å². The van der Waals surface area contributed by atoms with Crippen LogP contribution < -0.4 is 4.90 Å². The zero-order chi connectivity index (χ0) is 11.5. The van der Waals surface area contributed by atoms with Crippen molar-refractivity contribution in [2.45, 2.75) is 6.82 Å². The van der Waals surface area contributed by atoms with E-state index in [0.29, 0.717) is 5.15 Å². The van der Waals surface area contributed by atoms with E-state index in [1.165, 1.54) is 0 Å². The summed E-state index contributed by atoms with van der Waals surface area (Å²) in [4.78, 5) is 8.38. The van der Waals surface area contributed by atoms with E-state index < -0.39 is 0 Å². The van der Waals surface area contributed by atoms with Crippen molar-refractivity contribution < 1.29 is 5.02 Å². The number of rotatable bonds is 2. The van der Waals surface area contributed by atoms with Gasteiger partial charge in [-0.1, -0.05) is 11.6 Å². The van der Waals surface area contributed by atoms with Crippen molar-refractivity contribution in [3.05, 3.63) is 23.5 Å². The molecule has 0 amide bonds. The fourth-order valence-electron chi connectivity index (χ4n) is 1.91. The van der Waals surface area contributed by atoms with Gasteiger partial charge in [-0.2, -0.15) is 0 Å². The Hall–Kier alpha value is -0.775. The molecule has 1 saturated heterocycles. The number of pyridine rings is 1. The number of nitrogens with zero attached hydrogens (tertiary/aromatic N) is 3. The molecule has 2 heterocycles. The van der Waals surface area contributed by atoms with Crippen LogP contribution in [0.5, 0.6) is 0 Å². The lowest BCUT2D eigenvalue weighted by Gasteiger charge is -2.36. The van der Waals surface area contributed by atoms with Crippen molar-refractivity contribution >= 4 is 24.3 Å². The smallest absolute Gasteiger partial charge is 0.376 e. The molecule has 6 heteroatoms. The van der Waals surface area contributed by atoms with Gasteiger partial charge in [0.05, 0.1) is 11.9 Å². The van der Waals surface area contributed by atoms with Crippen LogP contribution in [0.15, 0.2) is 18.3 Å². The van der Waals surface area contributed by atoms with Gasteiger partial charge in [-0.15, -0.1) is 0 Å². The van der Waals surface area contributed by atoms with Crippen LogP contribution in [-0.4, -0.2) is 48.0 Å². The third-order valence-corrected chi connectivity index (χ3v) is 3.14. The fourth-order valence-corrected chi connectivity index (χ4v) is 2.02. The van der Waals surface area contributed by atoms with Gasteiger partial charge >= 0.3 is 7.05 Å². The van der Waals surface area contributed by atoms with Gasteiger partial charge in [0.25, 0.3) is 0 Å². The number of aromatic nitrogens is 1. The summed E-state index contributed by atoms with van der Waals surface area (Å²) in [6.07, 6.45) is 1.79. The first-order valence-corrected chi connectivity index (χ1v) is 5.83. The van der Waals surface area contributed by atoms with Crippen molar-refractivity contribution in [1.29, 1.82) is 0 Å². The van der Waals surface area contributed by atoms with Gasteiger partial charge in [0.15, 0.2) is 0 Å². The molecule has 0 unspecified atom stereocenters. The molecule has 0 aliphatic carbocycles. The summed E-state index contributed by atoms with van der Waals surface area (Å²) in [6, 6.07) is 3.78. The second kappa shape index (κ2) is 5.04. The van der Waals surface area contributed by atoms with E-state index in [9.17, 15) is 5.02 Å². The van der Waals surface area contributed by atoms with Crippen LogP contribution in [-0.2, 0) is 0 Å². The number of anilines is 1. The topological polar surface area (TPSA) is 39.6 Å². The zero-order valence-corrected chi connectivity index (χ0v) is 10.1. The molecule has 0 bridgehead atoms. The Morgan fingerprint density at radius 2 is 2.00 bits per heavy atom. The summed E-state index contributed by atoms with van der Waals surface area (Å²) >= 11 is 5.74. The molecular weight excluding hydrogens is 224 g/mol. The van der Waals surface area contributed by atoms with Crippen molar-refractivity contribution in [3.8, 4) is 0 Å². The van der Waals surface area contributed by atoms with Crippen LogP contribution in [0.3, 0.4) is 0 Å². The van der Waals surface area contributed by atoms with Crippen LogP contribution in [0, 0.1) is 0 Å². The maximum Gasteiger partial charge on any atom is 0.376 e. The van der Waals surface area contributed by atoms with Crippen molar-refractivity contribution in [3.63, 3.8) is 0 Å². The van der Waals surface area contributed by atoms with Gasteiger partial charge in [-0.25, -0.2) is 4.98 Å². The van der Waals surface area contributed by atoms with Crippen molar-refractivity contribution in [2.24, 2.45) is 0 Å². The Morgan fingerprint density at radius 1 is 1.31 bits per heavy atom. The van der Waals surface area contributed by atoms with Gasteiger partial charge in [-0.05, 0) is 19.0 Å². The summed E-state index contributed by atoms with van der Waals surface area (Å²) < 4.78 is 0. The fraction of sp³-hybridized carbons (Fsp3) is 0.500. The normalized spacial score (nSPS) is 17.6. The second-order valence-electron chi connectivity index (χ2n) is 3.99. The van der Waals surface area contributed by atoms with E-state index in [1.54, 1.807) is 19.1 Å². The highest BCUT2D eigenvalue weighted by Crippen LogP contribution is 2.17. The molecule has 2 rings (SSSR count). The summed E-state index contributed by atoms with van der Waals surface area (Å²) in [7, 11) is -0.356. The highest BCUT2D eigenvalue weighted by Gasteiger charge is 2.22. The van der Waals surface area contributed by atoms with E-state index in [-0.39, 0.29) is 7.05 Å². The molecule has 1 aromatic heterocycles. The van der Waals surface area contributed by atoms with Crippen molar-refractivity contribution in [2.75, 3.05) is 31.1 Å². The van der Waals surface area contributed by atoms with Gasteiger partial charge in [-0.3, -0.25) is 0 Å². The van der Waals surface area contributed by atoms with Gasteiger partial charge < -0.3 is 14.7 Å². The lowest BCUT2D eigenvalue weighted by molar-refractivity contribution is 0.344. The Morgan fingerprint density at radius 3 is 2.50 bits per heavy atom. The maximum absolute atomic E-state index is 9.45. The summed E-state index contributed by atoms with van der Waals surface area (Å²) in [5, 5.41) is 9.97. The van der Waals surface area contributed by atoms with Gasteiger partial charge in [0.2, 0.25) is 0 Å². The summed E-state index contributed by atoms with van der Waals surface area (Å²) in [5.74, 6) is 0. The first kappa shape index (κ1) is 11.7. The van der Waals surface area contributed by atoms with Crippen LogP contribution in [0.4, 0.5) is 5.69 Å². The van der Waals surface area contributed by atoms with Crippen LogP contribution in [0.2, 0.25) is 12.0 Å². The SMILES string of the molecule is CB(O)N1CCN(c2ccc(Cl)nc2)CC1. The molecule has 0 atom stereocenters. The molecule has 1 aliphatic heterocycles. The molecule has 0 spiro atoms. The first-order chi connectivity index (χ1) is 7.66. The van der Waals surface area contributed by atoms with Crippen LogP contribution in [0.1, 0.15) is 0 Å². The average Bonchev–Trinajstić information content (AvgIpc) is 2.30. The summed E-state index contributed by atoms with van der Waals surface area (Å²) in [6.45, 7) is 5.38. The monoisotopic (exact) mass is 239 g/mol. The lowest BCUT2D eigenvalue weighted by Crippen LogP contribution is -2.51. The highest BCUT2D eigenvalue weighted by molar-refractivity contribution is 6.45. The lowest BCUT2D eigenvalue weighted by atomic mass is 9.84. The molecule has 1 fully saturated rings. The molecule has 0 radical (unpaired) electrons. The Kier molecular flexibility index (Phi) is 3.68. The molecule has 1 N–H and O–H groups in total. The Labute approximate surface area is 101 Å².